The number of hydrogen-bond donors (Lipinski definition) is 1. The SMILES string of the molecule is CC(C)(C)Oc1nccc(OC2CC2)c1N. The Hall–Kier alpha value is -1.45. The third-order valence-electron chi connectivity index (χ3n) is 2.13. The van der Waals surface area contributed by atoms with Crippen molar-refractivity contribution in [2.75, 3.05) is 5.73 Å². The number of rotatable bonds is 3. The summed E-state index contributed by atoms with van der Waals surface area (Å²) in [6, 6.07) is 1.78. The normalized spacial score (nSPS) is 15.9. The van der Waals surface area contributed by atoms with Gasteiger partial charge in [-0.1, -0.05) is 0 Å². The molecule has 0 saturated heterocycles. The quantitative estimate of drug-likeness (QED) is 0.853. The maximum absolute atomic E-state index is 5.95. The van der Waals surface area contributed by atoms with Gasteiger partial charge in [0.05, 0.1) is 6.10 Å². The molecule has 88 valence electrons. The summed E-state index contributed by atoms with van der Waals surface area (Å²) in [5, 5.41) is 0. The summed E-state index contributed by atoms with van der Waals surface area (Å²) < 4.78 is 11.3. The molecule has 1 aromatic heterocycles. The van der Waals surface area contributed by atoms with Crippen LogP contribution in [0.3, 0.4) is 0 Å². The van der Waals surface area contributed by atoms with Gasteiger partial charge in [0.15, 0.2) is 0 Å². The molecule has 16 heavy (non-hydrogen) atoms. The molecule has 2 rings (SSSR count). The highest BCUT2D eigenvalue weighted by molar-refractivity contribution is 5.59. The highest BCUT2D eigenvalue weighted by atomic mass is 16.5. The Labute approximate surface area is 95.8 Å². The van der Waals surface area contributed by atoms with E-state index in [4.69, 9.17) is 15.2 Å². The van der Waals surface area contributed by atoms with Crippen LogP contribution in [0.1, 0.15) is 33.6 Å². The van der Waals surface area contributed by atoms with Gasteiger partial charge in [0.2, 0.25) is 5.88 Å². The minimum absolute atomic E-state index is 0.306. The lowest BCUT2D eigenvalue weighted by molar-refractivity contribution is 0.124. The number of nitrogen functional groups attached to an aromatic ring is 1. The number of ether oxygens (including phenoxy) is 2. The van der Waals surface area contributed by atoms with Gasteiger partial charge in [-0.15, -0.1) is 0 Å². The molecule has 2 N–H and O–H groups in total. The second-order valence-corrected chi connectivity index (χ2v) is 5.06. The highest BCUT2D eigenvalue weighted by Gasteiger charge is 2.25. The summed E-state index contributed by atoms with van der Waals surface area (Å²) in [6.45, 7) is 5.88. The number of pyridine rings is 1. The van der Waals surface area contributed by atoms with E-state index in [9.17, 15) is 0 Å². The van der Waals surface area contributed by atoms with Crippen molar-refractivity contribution < 1.29 is 9.47 Å². The molecule has 4 nitrogen and oxygen atoms in total. The number of anilines is 1. The van der Waals surface area contributed by atoms with Gasteiger partial charge < -0.3 is 15.2 Å². The van der Waals surface area contributed by atoms with E-state index >= 15 is 0 Å². The van der Waals surface area contributed by atoms with Gasteiger partial charge in [-0.25, -0.2) is 4.98 Å². The third-order valence-corrected chi connectivity index (χ3v) is 2.13. The van der Waals surface area contributed by atoms with Gasteiger partial charge >= 0.3 is 0 Å². The van der Waals surface area contributed by atoms with Crippen LogP contribution in [-0.4, -0.2) is 16.7 Å². The van der Waals surface area contributed by atoms with E-state index in [0.717, 1.165) is 12.8 Å². The molecular formula is C12H18N2O2. The second kappa shape index (κ2) is 3.85. The van der Waals surface area contributed by atoms with Crippen molar-refractivity contribution in [3.8, 4) is 11.6 Å². The first-order valence-electron chi connectivity index (χ1n) is 5.56. The first-order chi connectivity index (χ1) is 7.46. The largest absolute Gasteiger partial charge is 0.488 e. The average molecular weight is 222 g/mol. The van der Waals surface area contributed by atoms with Crippen molar-refractivity contribution >= 4 is 5.69 Å². The predicted octanol–water partition coefficient (Wildman–Crippen LogP) is 2.38. The molecule has 0 spiro atoms. The lowest BCUT2D eigenvalue weighted by Gasteiger charge is -2.22. The average Bonchev–Trinajstić information content (AvgIpc) is 2.93. The smallest absolute Gasteiger partial charge is 0.241 e. The lowest BCUT2D eigenvalue weighted by Crippen LogP contribution is -2.24. The maximum Gasteiger partial charge on any atom is 0.241 e. The fourth-order valence-corrected chi connectivity index (χ4v) is 1.28. The van der Waals surface area contributed by atoms with Crippen LogP contribution in [-0.2, 0) is 0 Å². The van der Waals surface area contributed by atoms with Crippen molar-refractivity contribution in [1.82, 2.24) is 4.98 Å². The van der Waals surface area contributed by atoms with E-state index in [2.05, 4.69) is 4.98 Å². The topological polar surface area (TPSA) is 57.4 Å². The lowest BCUT2D eigenvalue weighted by atomic mass is 10.2. The molecule has 1 aromatic rings. The summed E-state index contributed by atoms with van der Waals surface area (Å²) >= 11 is 0. The molecule has 1 aliphatic rings. The van der Waals surface area contributed by atoms with Gasteiger partial charge in [-0.2, -0.15) is 0 Å². The van der Waals surface area contributed by atoms with Crippen LogP contribution in [0.15, 0.2) is 12.3 Å². The van der Waals surface area contributed by atoms with Gasteiger partial charge in [0.1, 0.15) is 17.0 Å². The maximum atomic E-state index is 5.95. The minimum atomic E-state index is -0.306. The Morgan fingerprint density at radius 3 is 2.62 bits per heavy atom. The van der Waals surface area contributed by atoms with E-state index in [1.807, 2.05) is 20.8 Å². The number of aromatic nitrogens is 1. The fourth-order valence-electron chi connectivity index (χ4n) is 1.28. The van der Waals surface area contributed by atoms with Crippen LogP contribution in [0.2, 0.25) is 0 Å². The highest BCUT2D eigenvalue weighted by Crippen LogP contribution is 2.35. The molecule has 1 aliphatic carbocycles. The number of nitrogens with two attached hydrogens (primary N) is 1. The first kappa shape index (κ1) is 11.0. The van der Waals surface area contributed by atoms with Gasteiger partial charge in [-0.3, -0.25) is 0 Å². The van der Waals surface area contributed by atoms with Gasteiger partial charge in [0, 0.05) is 12.3 Å². The van der Waals surface area contributed by atoms with E-state index in [1.165, 1.54) is 0 Å². The van der Waals surface area contributed by atoms with Crippen molar-refractivity contribution in [2.45, 2.75) is 45.3 Å². The first-order valence-corrected chi connectivity index (χ1v) is 5.56. The second-order valence-electron chi connectivity index (χ2n) is 5.06. The molecule has 0 atom stereocenters. The van der Waals surface area contributed by atoms with E-state index in [0.29, 0.717) is 23.4 Å². The Morgan fingerprint density at radius 1 is 1.38 bits per heavy atom. The van der Waals surface area contributed by atoms with Crippen LogP contribution in [0, 0.1) is 0 Å². The number of nitrogens with zero attached hydrogens (tertiary/aromatic N) is 1. The van der Waals surface area contributed by atoms with Crippen LogP contribution >= 0.6 is 0 Å². The Morgan fingerprint density at radius 2 is 2.06 bits per heavy atom. The van der Waals surface area contributed by atoms with Crippen molar-refractivity contribution in [2.24, 2.45) is 0 Å². The molecule has 0 aromatic carbocycles. The molecule has 0 amide bonds. The summed E-state index contributed by atoms with van der Waals surface area (Å²) in [4.78, 5) is 4.12. The zero-order chi connectivity index (χ0) is 11.8. The van der Waals surface area contributed by atoms with E-state index < -0.39 is 0 Å². The third kappa shape index (κ3) is 2.78. The van der Waals surface area contributed by atoms with E-state index in [-0.39, 0.29) is 5.60 Å². The van der Waals surface area contributed by atoms with Crippen molar-refractivity contribution in [3.05, 3.63) is 12.3 Å². The predicted molar refractivity (Wildman–Crippen MR) is 62.7 cm³/mol. The van der Waals surface area contributed by atoms with Crippen LogP contribution < -0.4 is 15.2 Å². The van der Waals surface area contributed by atoms with Crippen molar-refractivity contribution in [1.29, 1.82) is 0 Å². The molecule has 1 saturated carbocycles. The summed E-state index contributed by atoms with van der Waals surface area (Å²) in [7, 11) is 0. The zero-order valence-electron chi connectivity index (χ0n) is 9.99. The van der Waals surface area contributed by atoms with Crippen LogP contribution in [0.25, 0.3) is 0 Å². The Kier molecular flexibility index (Phi) is 2.66. The molecule has 1 fully saturated rings. The van der Waals surface area contributed by atoms with Gasteiger partial charge in [-0.05, 0) is 33.6 Å². The molecule has 0 unspecified atom stereocenters. The minimum Gasteiger partial charge on any atom is -0.488 e. The summed E-state index contributed by atoms with van der Waals surface area (Å²) in [6.07, 6.45) is 4.20. The molecule has 0 aliphatic heterocycles. The molecule has 0 bridgehead atoms. The molecule has 0 radical (unpaired) electrons. The summed E-state index contributed by atoms with van der Waals surface area (Å²) in [5.41, 5.74) is 6.14. The number of hydrogen-bond acceptors (Lipinski definition) is 4. The van der Waals surface area contributed by atoms with Crippen molar-refractivity contribution in [3.63, 3.8) is 0 Å². The Balaban J connectivity index is 2.18. The molecular weight excluding hydrogens is 204 g/mol. The standard InChI is InChI=1S/C12H18N2O2/c1-12(2,3)16-11-10(13)9(6-7-14-11)15-8-4-5-8/h6-8H,4-5,13H2,1-3H3. The van der Waals surface area contributed by atoms with Gasteiger partial charge in [0.25, 0.3) is 0 Å². The summed E-state index contributed by atoms with van der Waals surface area (Å²) in [5.74, 6) is 1.13. The van der Waals surface area contributed by atoms with Crippen LogP contribution in [0.4, 0.5) is 5.69 Å². The fraction of sp³-hybridized carbons (Fsp3) is 0.583. The van der Waals surface area contributed by atoms with E-state index in [1.54, 1.807) is 12.3 Å². The molecule has 4 heteroatoms. The van der Waals surface area contributed by atoms with Crippen LogP contribution in [0.5, 0.6) is 11.6 Å². The zero-order valence-corrected chi connectivity index (χ0v) is 9.99. The Bertz CT molecular complexity index is 381. The molecule has 1 heterocycles. The monoisotopic (exact) mass is 222 g/mol.